The van der Waals surface area contributed by atoms with Crippen molar-refractivity contribution < 1.29 is 0 Å². The molecule has 0 saturated heterocycles. The van der Waals surface area contributed by atoms with E-state index in [1.807, 2.05) is 0 Å². The van der Waals surface area contributed by atoms with Gasteiger partial charge >= 0.3 is 0 Å². The molecule has 0 heterocycles. The molecule has 24 aromatic carbocycles. The lowest BCUT2D eigenvalue weighted by molar-refractivity contribution is 1.24. The Morgan fingerprint density at radius 2 is 0.330 bits per heavy atom. The standard InChI is InChI=1S/C20H12.C18H12.C16H10.C15H14.2C14H10.C10H8.C8H10/c1-5-13-6-2-11-17-18-12-4-8-14-7-3-10-16(20(14)18)15(9-1)19(13)17;1-2-8-14-13(7-1)15-9-3-4-11-17(15)18-12-6-5-10-16(14)18;1-3-11-7-9-13-5-2-6-14-10-8-12(4-1)15(11)16(13)14;1-10-3-5-14-12(7-10)9-13-8-11(2)4-6-15(13)14;1-3-7-13-11(5-1)9-10-12-6-2-4-8-14(12)13;1-2-6-12-10-14-8-4-3-7-13(14)9-11(12)5-1;1-2-6-10-8-4-3-7-9(10)5-1;1-7-3-5-8(2)6-4-7/h1-12H;1-12H;1-10H;3-8H,9H2,1-2H3;2*1-10H;1-8H;3-6H,1-2H3. The van der Waals surface area contributed by atoms with Crippen molar-refractivity contribution in [2.75, 3.05) is 0 Å². The summed E-state index contributed by atoms with van der Waals surface area (Å²) < 4.78 is 0. The Balaban J connectivity index is 0.0000000922. The van der Waals surface area contributed by atoms with Crippen molar-refractivity contribution in [2.45, 2.75) is 34.1 Å². The lowest BCUT2D eigenvalue weighted by Crippen LogP contribution is -1.85. The molecule has 0 radical (unpaired) electrons. The summed E-state index contributed by atoms with van der Waals surface area (Å²) in [5, 5.41) is 40.2. The van der Waals surface area contributed by atoms with Crippen LogP contribution in [-0.4, -0.2) is 0 Å². The second-order valence-electron chi connectivity index (χ2n) is 30.4. The molecular weight excluding hydrogens is 1380 g/mol. The third-order valence-electron chi connectivity index (χ3n) is 22.8. The van der Waals surface area contributed by atoms with E-state index in [1.54, 1.807) is 0 Å². The number of benzene rings is 24. The van der Waals surface area contributed by atoms with Gasteiger partial charge in [-0.15, -0.1) is 0 Å². The molecule has 0 nitrogen and oxygen atoms in total. The van der Waals surface area contributed by atoms with Gasteiger partial charge in [-0.1, -0.05) is 447 Å². The van der Waals surface area contributed by atoms with E-state index in [9.17, 15) is 0 Å². The van der Waals surface area contributed by atoms with Crippen molar-refractivity contribution in [3.05, 3.63) is 470 Å². The molecule has 0 saturated carbocycles. The topological polar surface area (TPSA) is 0 Å². The van der Waals surface area contributed by atoms with Gasteiger partial charge in [0.2, 0.25) is 0 Å². The van der Waals surface area contributed by atoms with Gasteiger partial charge in [0.05, 0.1) is 0 Å². The van der Waals surface area contributed by atoms with Crippen molar-refractivity contribution in [1.29, 1.82) is 0 Å². The van der Waals surface area contributed by atoms with Crippen molar-refractivity contribution in [2.24, 2.45) is 0 Å². The van der Waals surface area contributed by atoms with Gasteiger partial charge in [0.25, 0.3) is 0 Å². The first kappa shape index (κ1) is 72.3. The lowest BCUT2D eigenvalue weighted by atomic mass is 9.90. The van der Waals surface area contributed by atoms with Crippen LogP contribution in [0.2, 0.25) is 0 Å². The van der Waals surface area contributed by atoms with Crippen LogP contribution < -0.4 is 0 Å². The number of rotatable bonds is 0. The predicted molar refractivity (Wildman–Crippen MR) is 504 cm³/mol. The molecule has 115 heavy (non-hydrogen) atoms. The molecule has 25 rings (SSSR count). The third-order valence-corrected chi connectivity index (χ3v) is 22.8. The fourth-order valence-corrected chi connectivity index (χ4v) is 17.2. The van der Waals surface area contributed by atoms with Gasteiger partial charge in [-0.2, -0.15) is 0 Å². The minimum Gasteiger partial charge on any atom is -0.0616 e. The average molecular weight is 1470 g/mol. The highest BCUT2D eigenvalue weighted by Gasteiger charge is 2.18. The Morgan fingerprint density at radius 3 is 0.617 bits per heavy atom. The minimum atomic E-state index is 1.11. The highest BCUT2D eigenvalue weighted by molar-refractivity contribution is 6.33. The number of hydrogen-bond donors (Lipinski definition) is 0. The second kappa shape index (κ2) is 32.6. The highest BCUT2D eigenvalue weighted by Crippen LogP contribution is 2.42. The zero-order valence-electron chi connectivity index (χ0n) is 65.3. The third kappa shape index (κ3) is 15.0. The number of aryl methyl sites for hydroxylation is 4. The quantitative estimate of drug-likeness (QED) is 0.105. The maximum Gasteiger partial charge on any atom is -0.00133 e. The van der Waals surface area contributed by atoms with E-state index < -0.39 is 0 Å². The Morgan fingerprint density at radius 1 is 0.130 bits per heavy atom. The van der Waals surface area contributed by atoms with Crippen LogP contribution in [0.15, 0.2) is 437 Å². The van der Waals surface area contributed by atoms with Crippen LogP contribution in [0.1, 0.15) is 33.4 Å². The fraction of sp³-hybridized carbons (Fsp3) is 0.0435. The monoisotopic (exact) mass is 1470 g/mol. The van der Waals surface area contributed by atoms with E-state index in [1.165, 1.54) is 206 Å². The molecule has 0 amide bonds. The Hall–Kier alpha value is -14.3. The van der Waals surface area contributed by atoms with E-state index in [2.05, 4.69) is 464 Å². The van der Waals surface area contributed by atoms with Gasteiger partial charge < -0.3 is 0 Å². The predicted octanol–water partition coefficient (Wildman–Crippen LogP) is 32.5. The molecule has 0 spiro atoms. The second-order valence-corrected chi connectivity index (χ2v) is 30.4. The number of hydrogen-bond acceptors (Lipinski definition) is 0. The van der Waals surface area contributed by atoms with Crippen LogP contribution >= 0.6 is 0 Å². The molecule has 0 fully saturated rings. The molecule has 1 aliphatic carbocycles. The molecule has 0 aliphatic heterocycles. The molecule has 0 bridgehead atoms. The summed E-state index contributed by atoms with van der Waals surface area (Å²) in [4.78, 5) is 0. The summed E-state index contributed by atoms with van der Waals surface area (Å²) in [6.45, 7) is 8.52. The zero-order valence-corrected chi connectivity index (χ0v) is 65.3. The molecule has 0 N–H and O–H groups in total. The van der Waals surface area contributed by atoms with Gasteiger partial charge in [-0.25, -0.2) is 0 Å². The van der Waals surface area contributed by atoms with Gasteiger partial charge in [-0.05, 0) is 230 Å². The summed E-state index contributed by atoms with van der Waals surface area (Å²) in [7, 11) is 0. The summed E-state index contributed by atoms with van der Waals surface area (Å²) in [5.41, 5.74) is 11.2. The van der Waals surface area contributed by atoms with Crippen molar-refractivity contribution in [1.82, 2.24) is 0 Å². The largest absolute Gasteiger partial charge is 0.0616 e. The van der Waals surface area contributed by atoms with Gasteiger partial charge in [-0.3, -0.25) is 0 Å². The highest BCUT2D eigenvalue weighted by atomic mass is 14.2. The lowest BCUT2D eigenvalue weighted by Gasteiger charge is -2.13. The SMILES string of the molecule is Cc1ccc(C)cc1.Cc1ccc2c(c1)Cc1cc(C)ccc1-2.c1cc2ccc3cccc4ccc(c1)c2c34.c1cc2cccc3c4cccc5cccc(c(c1)c23)c54.c1ccc2c(c1)c1ccccc1c1ccccc21.c1ccc2c(c1)ccc1ccccc12.c1ccc2cc3ccccc3cc2c1.c1ccc2ccccc2c1. The molecule has 1 aliphatic rings. The van der Waals surface area contributed by atoms with Gasteiger partial charge in [0.15, 0.2) is 0 Å². The first-order valence-electron chi connectivity index (χ1n) is 40.1. The normalized spacial score (nSPS) is 11.3. The van der Waals surface area contributed by atoms with Crippen LogP contribution in [0.25, 0.3) is 173 Å². The maximum atomic E-state index is 2.31. The summed E-state index contributed by atoms with van der Waals surface area (Å²) >= 11 is 0. The molecule has 0 aromatic heterocycles. The van der Waals surface area contributed by atoms with E-state index in [-0.39, 0.29) is 0 Å². The van der Waals surface area contributed by atoms with Crippen molar-refractivity contribution >= 4 is 162 Å². The molecule has 0 atom stereocenters. The molecule has 0 heteroatoms. The summed E-state index contributed by atoms with van der Waals surface area (Å²) in [6, 6.07) is 156. The molecule has 24 aromatic rings. The van der Waals surface area contributed by atoms with E-state index in [0.717, 1.165) is 6.42 Å². The van der Waals surface area contributed by atoms with Crippen molar-refractivity contribution in [3.63, 3.8) is 0 Å². The number of fused-ring (bicyclic) bond motifs is 17. The fourth-order valence-electron chi connectivity index (χ4n) is 17.2. The van der Waals surface area contributed by atoms with Crippen LogP contribution in [0, 0.1) is 27.7 Å². The van der Waals surface area contributed by atoms with Gasteiger partial charge in [0.1, 0.15) is 0 Å². The molecule has 0 unspecified atom stereocenters. The molecular formula is C115H86. The Labute approximate surface area is 672 Å². The van der Waals surface area contributed by atoms with Crippen LogP contribution in [-0.2, 0) is 6.42 Å². The van der Waals surface area contributed by atoms with E-state index in [0.29, 0.717) is 0 Å². The zero-order chi connectivity index (χ0) is 77.6. The van der Waals surface area contributed by atoms with Gasteiger partial charge in [0, 0.05) is 0 Å². The van der Waals surface area contributed by atoms with E-state index in [4.69, 9.17) is 0 Å². The molecule has 546 valence electrons. The summed E-state index contributed by atoms with van der Waals surface area (Å²) in [6.07, 6.45) is 1.11. The van der Waals surface area contributed by atoms with Crippen molar-refractivity contribution in [3.8, 4) is 11.1 Å². The van der Waals surface area contributed by atoms with Crippen LogP contribution in [0.4, 0.5) is 0 Å². The minimum absolute atomic E-state index is 1.11. The van der Waals surface area contributed by atoms with E-state index >= 15 is 0 Å². The maximum absolute atomic E-state index is 2.31. The van der Waals surface area contributed by atoms with Crippen LogP contribution in [0.3, 0.4) is 0 Å². The average Bonchev–Trinajstić information content (AvgIpc) is 1.33. The smallest absolute Gasteiger partial charge is 0.00133 e. The Kier molecular flexibility index (Phi) is 20.5. The Bertz CT molecular complexity index is 6780. The van der Waals surface area contributed by atoms with Crippen LogP contribution in [0.5, 0.6) is 0 Å². The summed E-state index contributed by atoms with van der Waals surface area (Å²) in [5.74, 6) is 0. The first-order chi connectivity index (χ1) is 56.7. The first-order valence-corrected chi connectivity index (χ1v) is 40.1.